The van der Waals surface area contributed by atoms with Crippen LogP contribution in [-0.2, 0) is 11.2 Å². The maximum absolute atomic E-state index is 14.1. The van der Waals surface area contributed by atoms with E-state index in [-0.39, 0.29) is 17.8 Å². The normalized spacial score (nSPS) is 15.7. The first kappa shape index (κ1) is 15.0. The van der Waals surface area contributed by atoms with Gasteiger partial charge in [-0.05, 0) is 30.5 Å². The van der Waals surface area contributed by atoms with Crippen LogP contribution >= 0.6 is 0 Å². The van der Waals surface area contributed by atoms with E-state index in [0.29, 0.717) is 24.1 Å². The van der Waals surface area contributed by atoms with Gasteiger partial charge in [-0.3, -0.25) is 4.79 Å². The standard InChI is InChI=1S/C16H23FN2O/c1-2-3-4-5-6-14(18)12-9-11-7-8-16(20)19-15(11)10-13(12)17/h9-10,14H,2-8,18H2,1H3,(H,19,20). The van der Waals surface area contributed by atoms with E-state index in [9.17, 15) is 9.18 Å². The minimum atomic E-state index is -0.311. The molecule has 0 aromatic heterocycles. The maximum atomic E-state index is 14.1. The van der Waals surface area contributed by atoms with Crippen LogP contribution in [0.2, 0.25) is 0 Å². The molecule has 3 N–H and O–H groups in total. The van der Waals surface area contributed by atoms with Crippen molar-refractivity contribution >= 4 is 11.6 Å². The number of carbonyl (C=O) groups is 1. The molecule has 0 aliphatic carbocycles. The molecule has 1 heterocycles. The number of hydrogen-bond acceptors (Lipinski definition) is 2. The van der Waals surface area contributed by atoms with Gasteiger partial charge in [-0.1, -0.05) is 32.6 Å². The molecule has 1 amide bonds. The molecule has 0 bridgehead atoms. The number of rotatable bonds is 6. The number of amides is 1. The van der Waals surface area contributed by atoms with E-state index in [2.05, 4.69) is 12.2 Å². The molecule has 1 aromatic carbocycles. The smallest absolute Gasteiger partial charge is 0.224 e. The Morgan fingerprint density at radius 3 is 2.85 bits per heavy atom. The highest BCUT2D eigenvalue weighted by Crippen LogP contribution is 2.29. The van der Waals surface area contributed by atoms with Gasteiger partial charge >= 0.3 is 0 Å². The molecule has 3 nitrogen and oxygen atoms in total. The molecule has 0 spiro atoms. The Hall–Kier alpha value is -1.42. The lowest BCUT2D eigenvalue weighted by Gasteiger charge is -2.20. The van der Waals surface area contributed by atoms with E-state index in [0.717, 1.165) is 24.8 Å². The van der Waals surface area contributed by atoms with Crippen LogP contribution in [0.3, 0.4) is 0 Å². The zero-order valence-electron chi connectivity index (χ0n) is 12.0. The van der Waals surface area contributed by atoms with E-state index in [1.807, 2.05) is 6.07 Å². The molecule has 110 valence electrons. The molecule has 1 aliphatic rings. The fourth-order valence-corrected chi connectivity index (χ4v) is 2.65. The largest absolute Gasteiger partial charge is 0.326 e. The summed E-state index contributed by atoms with van der Waals surface area (Å²) in [6.07, 6.45) is 6.49. The van der Waals surface area contributed by atoms with Gasteiger partial charge in [0.25, 0.3) is 0 Å². The third-order valence-electron chi connectivity index (χ3n) is 3.89. The van der Waals surface area contributed by atoms with Crippen LogP contribution < -0.4 is 11.1 Å². The molecular formula is C16H23FN2O. The summed E-state index contributed by atoms with van der Waals surface area (Å²) in [6.45, 7) is 2.16. The van der Waals surface area contributed by atoms with Crippen molar-refractivity contribution in [2.45, 2.75) is 57.9 Å². The van der Waals surface area contributed by atoms with Gasteiger partial charge in [-0.25, -0.2) is 4.39 Å². The van der Waals surface area contributed by atoms with Gasteiger partial charge in [0, 0.05) is 23.7 Å². The summed E-state index contributed by atoms with van der Waals surface area (Å²) in [5, 5.41) is 2.71. The highest BCUT2D eigenvalue weighted by atomic mass is 19.1. The number of nitrogens with two attached hydrogens (primary N) is 1. The predicted octanol–water partition coefficient (Wildman–Crippen LogP) is 3.68. The Balaban J connectivity index is 2.06. The summed E-state index contributed by atoms with van der Waals surface area (Å²) in [5.74, 6) is -0.359. The Morgan fingerprint density at radius 2 is 2.10 bits per heavy atom. The number of aryl methyl sites for hydroxylation is 1. The first-order chi connectivity index (χ1) is 9.61. The lowest BCUT2D eigenvalue weighted by atomic mass is 9.94. The molecule has 0 fully saturated rings. The van der Waals surface area contributed by atoms with Crippen LogP contribution in [0, 0.1) is 5.82 Å². The minimum absolute atomic E-state index is 0.0477. The van der Waals surface area contributed by atoms with Gasteiger partial charge in [0.2, 0.25) is 5.91 Å². The van der Waals surface area contributed by atoms with Crippen LogP contribution in [-0.4, -0.2) is 5.91 Å². The van der Waals surface area contributed by atoms with Crippen molar-refractivity contribution in [2.75, 3.05) is 5.32 Å². The third-order valence-corrected chi connectivity index (χ3v) is 3.89. The van der Waals surface area contributed by atoms with E-state index in [1.165, 1.54) is 18.9 Å². The summed E-state index contributed by atoms with van der Waals surface area (Å²) in [5.41, 5.74) is 8.28. The van der Waals surface area contributed by atoms with Crippen LogP contribution in [0.25, 0.3) is 0 Å². The van der Waals surface area contributed by atoms with Crippen molar-refractivity contribution in [1.82, 2.24) is 0 Å². The Morgan fingerprint density at radius 1 is 1.30 bits per heavy atom. The van der Waals surface area contributed by atoms with Crippen LogP contribution in [0.1, 0.15) is 62.6 Å². The summed E-state index contributed by atoms with van der Waals surface area (Å²) >= 11 is 0. The second kappa shape index (κ2) is 6.84. The zero-order chi connectivity index (χ0) is 14.5. The van der Waals surface area contributed by atoms with E-state index in [4.69, 9.17) is 5.73 Å². The molecular weight excluding hydrogens is 255 g/mol. The Labute approximate surface area is 119 Å². The van der Waals surface area contributed by atoms with Crippen molar-refractivity contribution in [1.29, 1.82) is 0 Å². The van der Waals surface area contributed by atoms with E-state index >= 15 is 0 Å². The molecule has 2 rings (SSSR count). The van der Waals surface area contributed by atoms with Gasteiger partial charge in [0.05, 0.1) is 0 Å². The molecule has 1 atom stereocenters. The quantitative estimate of drug-likeness (QED) is 0.780. The molecule has 0 saturated heterocycles. The van der Waals surface area contributed by atoms with Crippen LogP contribution in [0.5, 0.6) is 0 Å². The Kier molecular flexibility index (Phi) is 5.12. The monoisotopic (exact) mass is 278 g/mol. The van der Waals surface area contributed by atoms with Crippen molar-refractivity contribution in [3.63, 3.8) is 0 Å². The average molecular weight is 278 g/mol. The third kappa shape index (κ3) is 3.57. The topological polar surface area (TPSA) is 55.1 Å². The molecule has 1 aliphatic heterocycles. The van der Waals surface area contributed by atoms with Crippen molar-refractivity contribution in [3.05, 3.63) is 29.1 Å². The molecule has 0 saturated carbocycles. The van der Waals surface area contributed by atoms with Gasteiger partial charge in [-0.15, -0.1) is 0 Å². The minimum Gasteiger partial charge on any atom is -0.326 e. The second-order valence-electron chi connectivity index (χ2n) is 5.53. The van der Waals surface area contributed by atoms with Gasteiger partial charge in [-0.2, -0.15) is 0 Å². The summed E-state index contributed by atoms with van der Waals surface area (Å²) < 4.78 is 14.1. The van der Waals surface area contributed by atoms with Crippen LogP contribution in [0.15, 0.2) is 12.1 Å². The highest BCUT2D eigenvalue weighted by molar-refractivity contribution is 5.93. The van der Waals surface area contributed by atoms with Crippen molar-refractivity contribution in [2.24, 2.45) is 5.73 Å². The fraction of sp³-hybridized carbons (Fsp3) is 0.562. The molecule has 20 heavy (non-hydrogen) atoms. The number of fused-ring (bicyclic) bond motifs is 1. The number of carbonyl (C=O) groups excluding carboxylic acids is 1. The number of hydrogen-bond donors (Lipinski definition) is 2. The van der Waals surface area contributed by atoms with Gasteiger partial charge in [0.1, 0.15) is 5.82 Å². The first-order valence-corrected chi connectivity index (χ1v) is 7.49. The second-order valence-corrected chi connectivity index (χ2v) is 5.53. The number of anilines is 1. The average Bonchev–Trinajstić information content (AvgIpc) is 2.42. The SMILES string of the molecule is CCCCCCC(N)c1cc2c(cc1F)NC(=O)CC2. The highest BCUT2D eigenvalue weighted by Gasteiger charge is 2.19. The van der Waals surface area contributed by atoms with E-state index < -0.39 is 0 Å². The Bertz CT molecular complexity index is 488. The number of unbranched alkanes of at least 4 members (excludes halogenated alkanes) is 3. The summed E-state index contributed by atoms with van der Waals surface area (Å²) in [6, 6.07) is 2.98. The van der Waals surface area contributed by atoms with Gasteiger partial charge < -0.3 is 11.1 Å². The van der Waals surface area contributed by atoms with Crippen molar-refractivity contribution in [3.8, 4) is 0 Å². The molecule has 0 radical (unpaired) electrons. The molecule has 1 aromatic rings. The summed E-state index contributed by atoms with van der Waals surface area (Å²) in [7, 11) is 0. The number of benzene rings is 1. The molecule has 1 unspecified atom stereocenters. The lowest BCUT2D eigenvalue weighted by molar-refractivity contribution is -0.116. The van der Waals surface area contributed by atoms with E-state index in [1.54, 1.807) is 0 Å². The predicted molar refractivity (Wildman–Crippen MR) is 79.0 cm³/mol. The number of nitrogens with one attached hydrogen (secondary N) is 1. The maximum Gasteiger partial charge on any atom is 0.224 e. The fourth-order valence-electron chi connectivity index (χ4n) is 2.65. The van der Waals surface area contributed by atoms with Gasteiger partial charge in [0.15, 0.2) is 0 Å². The molecule has 4 heteroatoms. The first-order valence-electron chi connectivity index (χ1n) is 7.49. The summed E-state index contributed by atoms with van der Waals surface area (Å²) in [4.78, 5) is 11.3. The van der Waals surface area contributed by atoms with Crippen LogP contribution in [0.4, 0.5) is 10.1 Å². The number of halogens is 1. The van der Waals surface area contributed by atoms with Crippen molar-refractivity contribution < 1.29 is 9.18 Å². The lowest BCUT2D eigenvalue weighted by Crippen LogP contribution is -2.21. The zero-order valence-corrected chi connectivity index (χ0v) is 12.0.